The summed E-state index contributed by atoms with van der Waals surface area (Å²) in [4.78, 5) is 70.6. The Balaban J connectivity index is 1.24. The van der Waals surface area contributed by atoms with E-state index in [1.807, 2.05) is 0 Å². The molecule has 3 heterocycles. The fourth-order valence-electron chi connectivity index (χ4n) is 7.83. The SMILES string of the molecule is CCOC(=O)C12CC1[C@@H]1C[C@@H]1CCCCC[C@H](NC(=O)OC(C)(C)C)C(=O)N1C[C@H](OC(=O)N3Cc4cccc(F)c4C3)C[C@H]1C(=O)N2. The number of hydrogen-bond donors (Lipinski definition) is 2. The van der Waals surface area contributed by atoms with E-state index in [-0.39, 0.29) is 38.6 Å². The number of ether oxygens (including phenoxy) is 3. The van der Waals surface area contributed by atoms with E-state index < -0.39 is 65.1 Å². The molecule has 0 spiro atoms. The monoisotopic (exact) mass is 670 g/mol. The Morgan fingerprint density at radius 3 is 2.58 bits per heavy atom. The number of carbonyl (C=O) groups is 5. The zero-order valence-corrected chi connectivity index (χ0v) is 28.2. The Morgan fingerprint density at radius 1 is 1.08 bits per heavy atom. The Morgan fingerprint density at radius 2 is 1.85 bits per heavy atom. The Kier molecular flexibility index (Phi) is 9.34. The first-order valence-electron chi connectivity index (χ1n) is 17.3. The highest BCUT2D eigenvalue weighted by molar-refractivity contribution is 5.96. The minimum absolute atomic E-state index is 0.00670. The zero-order valence-electron chi connectivity index (χ0n) is 28.2. The van der Waals surface area contributed by atoms with Crippen molar-refractivity contribution in [2.45, 2.75) is 121 Å². The molecule has 13 heteroatoms. The van der Waals surface area contributed by atoms with Gasteiger partial charge in [-0.25, -0.2) is 18.8 Å². The van der Waals surface area contributed by atoms with Gasteiger partial charge in [0.2, 0.25) is 11.8 Å². The minimum atomic E-state index is -1.16. The van der Waals surface area contributed by atoms with Crippen LogP contribution in [0.3, 0.4) is 0 Å². The molecular formula is C35H47FN4O8. The number of nitrogens with zero attached hydrogens (tertiary/aromatic N) is 2. The molecule has 1 aromatic rings. The van der Waals surface area contributed by atoms with Crippen molar-refractivity contribution >= 4 is 30.0 Å². The zero-order chi connectivity index (χ0) is 34.4. The second-order valence-electron chi connectivity index (χ2n) is 15.0. The van der Waals surface area contributed by atoms with Gasteiger partial charge in [0, 0.05) is 18.5 Å². The molecule has 262 valence electrons. The number of fused-ring (bicyclic) bond motifs is 5. The minimum Gasteiger partial charge on any atom is -0.464 e. The van der Waals surface area contributed by atoms with Crippen molar-refractivity contribution < 1.29 is 42.6 Å². The van der Waals surface area contributed by atoms with Crippen LogP contribution in [0.1, 0.15) is 90.2 Å². The maximum absolute atomic E-state index is 14.4. The van der Waals surface area contributed by atoms with Crippen molar-refractivity contribution in [2.24, 2.45) is 17.8 Å². The molecule has 1 aromatic carbocycles. The molecule has 2 saturated heterocycles. The molecule has 5 aliphatic rings. The maximum Gasteiger partial charge on any atom is 0.410 e. The number of amides is 4. The van der Waals surface area contributed by atoms with Crippen molar-refractivity contribution in [1.29, 1.82) is 0 Å². The van der Waals surface area contributed by atoms with Crippen molar-refractivity contribution in [3.63, 3.8) is 0 Å². The van der Waals surface area contributed by atoms with Crippen molar-refractivity contribution in [3.8, 4) is 0 Å². The summed E-state index contributed by atoms with van der Waals surface area (Å²) in [5.74, 6) is -1.13. The smallest absolute Gasteiger partial charge is 0.410 e. The van der Waals surface area contributed by atoms with E-state index in [2.05, 4.69) is 10.6 Å². The first kappa shape index (κ1) is 34.0. The molecule has 0 bridgehead atoms. The lowest BCUT2D eigenvalue weighted by Crippen LogP contribution is -2.57. The number of nitrogens with one attached hydrogen (secondary N) is 2. The Labute approximate surface area is 280 Å². The van der Waals surface area contributed by atoms with Crippen LogP contribution in [0.25, 0.3) is 0 Å². The van der Waals surface area contributed by atoms with Gasteiger partial charge in [-0.2, -0.15) is 0 Å². The number of benzene rings is 1. The summed E-state index contributed by atoms with van der Waals surface area (Å²) in [6, 6.07) is 2.64. The molecule has 12 nitrogen and oxygen atoms in total. The van der Waals surface area contributed by atoms with E-state index in [9.17, 15) is 28.4 Å². The summed E-state index contributed by atoms with van der Waals surface area (Å²) in [7, 11) is 0. The van der Waals surface area contributed by atoms with Crippen LogP contribution in [0.15, 0.2) is 18.2 Å². The van der Waals surface area contributed by atoms with Crippen LogP contribution in [-0.4, -0.2) is 82.2 Å². The molecular weight excluding hydrogens is 623 g/mol. The molecule has 2 N–H and O–H groups in total. The molecule has 4 fully saturated rings. The van der Waals surface area contributed by atoms with Crippen LogP contribution in [-0.2, 0) is 41.7 Å². The Bertz CT molecular complexity index is 1460. The van der Waals surface area contributed by atoms with E-state index in [4.69, 9.17) is 14.2 Å². The van der Waals surface area contributed by atoms with Crippen LogP contribution >= 0.6 is 0 Å². The van der Waals surface area contributed by atoms with Crippen LogP contribution in [0.4, 0.5) is 14.0 Å². The second-order valence-corrected chi connectivity index (χ2v) is 15.0. The molecule has 2 unspecified atom stereocenters. The molecule has 4 amide bonds. The number of alkyl carbamates (subject to hydrolysis) is 1. The number of carbonyl (C=O) groups excluding carboxylic acids is 5. The fraction of sp³-hybridized carbons (Fsp3) is 0.686. The third-order valence-electron chi connectivity index (χ3n) is 10.4. The van der Waals surface area contributed by atoms with Crippen LogP contribution < -0.4 is 10.6 Å². The highest BCUT2D eigenvalue weighted by Gasteiger charge is 2.69. The largest absolute Gasteiger partial charge is 0.464 e. The number of hydrogen-bond acceptors (Lipinski definition) is 8. The van der Waals surface area contributed by atoms with E-state index in [1.165, 1.54) is 15.9 Å². The first-order valence-corrected chi connectivity index (χ1v) is 17.3. The lowest BCUT2D eigenvalue weighted by molar-refractivity contribution is -0.150. The molecule has 3 aliphatic heterocycles. The van der Waals surface area contributed by atoms with E-state index in [1.54, 1.807) is 39.8 Å². The summed E-state index contributed by atoms with van der Waals surface area (Å²) in [6.45, 7) is 7.22. The van der Waals surface area contributed by atoms with Crippen molar-refractivity contribution in [2.75, 3.05) is 13.2 Å². The number of esters is 1. The van der Waals surface area contributed by atoms with E-state index in [0.717, 1.165) is 25.7 Å². The van der Waals surface area contributed by atoms with Crippen LogP contribution in [0.5, 0.6) is 0 Å². The average molecular weight is 671 g/mol. The molecule has 6 rings (SSSR count). The van der Waals surface area contributed by atoms with Gasteiger partial charge in [-0.05, 0) is 76.3 Å². The Hall–Kier alpha value is -3.90. The average Bonchev–Trinajstić information content (AvgIpc) is 3.82. The van der Waals surface area contributed by atoms with Gasteiger partial charge in [-0.15, -0.1) is 0 Å². The fourth-order valence-corrected chi connectivity index (χ4v) is 7.83. The summed E-state index contributed by atoms with van der Waals surface area (Å²) in [5.41, 5.74) is -0.822. The van der Waals surface area contributed by atoms with Gasteiger partial charge in [0.1, 0.15) is 35.1 Å². The standard InChI is InChI=1S/C35H47FN4O8/c1-5-46-31(43)35-16-25(35)23-14-20(23)10-7-6-8-13-27(37-32(44)48-34(2,3)4)30(42)40-18-22(15-28(40)29(41)38-35)47-33(45)39-17-21-11-9-12-26(36)24(21)19-39/h9,11-12,20,22-23,25,27-28H,5-8,10,13-19H2,1-4H3,(H,37,44)(H,38,41)/t20-,22+,23+,25?,27-,28-,35?/m0/s1. The third kappa shape index (κ3) is 7.10. The molecule has 2 saturated carbocycles. The van der Waals surface area contributed by atoms with Gasteiger partial charge in [0.05, 0.1) is 19.7 Å². The second kappa shape index (κ2) is 13.2. The molecule has 2 aliphatic carbocycles. The van der Waals surface area contributed by atoms with Gasteiger partial charge < -0.3 is 29.7 Å². The highest BCUT2D eigenvalue weighted by atomic mass is 19.1. The number of halogens is 1. The maximum atomic E-state index is 14.4. The summed E-state index contributed by atoms with van der Waals surface area (Å²) in [5, 5.41) is 5.72. The van der Waals surface area contributed by atoms with E-state index >= 15 is 0 Å². The van der Waals surface area contributed by atoms with Gasteiger partial charge in [0.25, 0.3) is 0 Å². The van der Waals surface area contributed by atoms with Gasteiger partial charge in [-0.1, -0.05) is 37.8 Å². The predicted octanol–water partition coefficient (Wildman–Crippen LogP) is 4.18. The van der Waals surface area contributed by atoms with Crippen LogP contribution in [0, 0.1) is 23.6 Å². The third-order valence-corrected chi connectivity index (χ3v) is 10.4. The molecule has 0 radical (unpaired) electrons. The van der Waals surface area contributed by atoms with Gasteiger partial charge in [0.15, 0.2) is 0 Å². The topological polar surface area (TPSA) is 144 Å². The van der Waals surface area contributed by atoms with Crippen LogP contribution in [0.2, 0.25) is 0 Å². The predicted molar refractivity (Wildman–Crippen MR) is 169 cm³/mol. The lowest BCUT2D eigenvalue weighted by atomic mass is 10.0. The highest BCUT2D eigenvalue weighted by Crippen LogP contribution is 2.62. The van der Waals surface area contributed by atoms with Gasteiger partial charge in [-0.3, -0.25) is 14.5 Å². The first-order chi connectivity index (χ1) is 22.8. The van der Waals surface area contributed by atoms with Gasteiger partial charge >= 0.3 is 18.2 Å². The molecule has 0 aromatic heterocycles. The number of rotatable bonds is 4. The summed E-state index contributed by atoms with van der Waals surface area (Å²) < 4.78 is 31.1. The van der Waals surface area contributed by atoms with Crippen molar-refractivity contribution in [1.82, 2.24) is 20.4 Å². The quantitative estimate of drug-likeness (QED) is 0.359. The summed E-state index contributed by atoms with van der Waals surface area (Å²) >= 11 is 0. The van der Waals surface area contributed by atoms with Crippen molar-refractivity contribution in [3.05, 3.63) is 35.1 Å². The lowest BCUT2D eigenvalue weighted by Gasteiger charge is -2.30. The summed E-state index contributed by atoms with van der Waals surface area (Å²) in [6.07, 6.45) is 3.02. The normalized spacial score (nSPS) is 31.5. The molecule has 7 atom stereocenters. The van der Waals surface area contributed by atoms with E-state index in [0.29, 0.717) is 42.2 Å². The molecule has 48 heavy (non-hydrogen) atoms.